The van der Waals surface area contributed by atoms with Crippen molar-refractivity contribution in [2.75, 3.05) is 25.0 Å². The third-order valence-electron chi connectivity index (χ3n) is 5.85. The summed E-state index contributed by atoms with van der Waals surface area (Å²) in [7, 11) is 0. The molecule has 2 unspecified atom stereocenters. The third kappa shape index (κ3) is 2.94. The van der Waals surface area contributed by atoms with E-state index in [2.05, 4.69) is 20.2 Å². The first-order chi connectivity index (χ1) is 12.7. The third-order valence-corrected chi connectivity index (χ3v) is 5.85. The molecule has 6 heteroatoms. The first-order valence-corrected chi connectivity index (χ1v) is 9.32. The van der Waals surface area contributed by atoms with E-state index < -0.39 is 0 Å². The molecule has 2 atom stereocenters. The van der Waals surface area contributed by atoms with Gasteiger partial charge in [-0.3, -0.25) is 9.78 Å². The van der Waals surface area contributed by atoms with Gasteiger partial charge in [-0.25, -0.2) is 4.98 Å². The van der Waals surface area contributed by atoms with E-state index in [1.165, 1.54) is 19.4 Å². The lowest BCUT2D eigenvalue weighted by Crippen LogP contribution is -2.61. The lowest BCUT2D eigenvalue weighted by molar-refractivity contribution is -0.0997. The van der Waals surface area contributed by atoms with Crippen LogP contribution in [0.5, 0.6) is 5.88 Å². The Bertz CT molecular complexity index is 782. The number of pyridine rings is 2. The van der Waals surface area contributed by atoms with Crippen LogP contribution in [-0.4, -0.2) is 46.5 Å². The maximum atomic E-state index is 12.4. The molecule has 0 aromatic carbocycles. The molecule has 2 aromatic rings. The smallest absolute Gasteiger partial charge is 0.274 e. The Morgan fingerprint density at radius 3 is 2.58 bits per heavy atom. The number of piperidine rings is 3. The predicted octanol–water partition coefficient (Wildman–Crippen LogP) is 2.45. The zero-order valence-electron chi connectivity index (χ0n) is 14.5. The van der Waals surface area contributed by atoms with Crippen LogP contribution in [0.15, 0.2) is 42.7 Å². The van der Waals surface area contributed by atoms with Crippen LogP contribution in [-0.2, 0) is 0 Å². The van der Waals surface area contributed by atoms with Gasteiger partial charge in [-0.1, -0.05) is 6.07 Å². The van der Waals surface area contributed by atoms with Crippen LogP contribution in [0, 0.1) is 17.8 Å². The van der Waals surface area contributed by atoms with E-state index in [4.69, 9.17) is 4.74 Å². The van der Waals surface area contributed by atoms with E-state index in [9.17, 15) is 4.79 Å². The molecule has 26 heavy (non-hydrogen) atoms. The Labute approximate surface area is 152 Å². The van der Waals surface area contributed by atoms with Crippen molar-refractivity contribution in [3.05, 3.63) is 48.4 Å². The Hall–Kier alpha value is -2.47. The van der Waals surface area contributed by atoms with Gasteiger partial charge in [-0.2, -0.15) is 0 Å². The van der Waals surface area contributed by atoms with Gasteiger partial charge in [0.05, 0.1) is 0 Å². The van der Waals surface area contributed by atoms with Crippen molar-refractivity contribution in [1.82, 2.24) is 14.9 Å². The average molecular weight is 350 g/mol. The fourth-order valence-corrected chi connectivity index (χ4v) is 4.93. The highest BCUT2D eigenvalue weighted by molar-refractivity contribution is 6.02. The molecule has 4 fully saturated rings. The molecule has 1 aliphatic carbocycles. The summed E-state index contributed by atoms with van der Waals surface area (Å²) in [6.45, 7) is 3.54. The van der Waals surface area contributed by atoms with E-state index in [1.807, 2.05) is 12.1 Å². The van der Waals surface area contributed by atoms with Crippen molar-refractivity contribution in [3.8, 4) is 5.88 Å². The molecule has 0 radical (unpaired) electrons. The van der Waals surface area contributed by atoms with E-state index in [0.717, 1.165) is 19.0 Å². The number of carbonyl (C=O) groups is 1. The van der Waals surface area contributed by atoms with Gasteiger partial charge in [0.2, 0.25) is 5.88 Å². The van der Waals surface area contributed by atoms with Crippen LogP contribution in [0.4, 0.5) is 5.69 Å². The highest BCUT2D eigenvalue weighted by atomic mass is 16.5. The quantitative estimate of drug-likeness (QED) is 0.917. The van der Waals surface area contributed by atoms with Gasteiger partial charge in [0.25, 0.3) is 5.91 Å². The molecule has 6 nitrogen and oxygen atoms in total. The van der Waals surface area contributed by atoms with E-state index in [0.29, 0.717) is 29.1 Å². The Morgan fingerprint density at radius 1 is 1.08 bits per heavy atom. The van der Waals surface area contributed by atoms with E-state index >= 15 is 0 Å². The average Bonchev–Trinajstić information content (AvgIpc) is 2.65. The molecule has 5 heterocycles. The number of nitrogens with zero attached hydrogens (tertiary/aromatic N) is 3. The van der Waals surface area contributed by atoms with Gasteiger partial charge in [0, 0.05) is 55.6 Å². The van der Waals surface area contributed by atoms with Crippen molar-refractivity contribution < 1.29 is 9.53 Å². The summed E-state index contributed by atoms with van der Waals surface area (Å²) in [6, 6.07) is 8.91. The molecular weight excluding hydrogens is 328 g/mol. The maximum Gasteiger partial charge on any atom is 0.274 e. The minimum absolute atomic E-state index is 0.230. The topological polar surface area (TPSA) is 67.3 Å². The molecule has 134 valence electrons. The lowest BCUT2D eigenvalue weighted by atomic mass is 9.66. The molecule has 2 aromatic heterocycles. The van der Waals surface area contributed by atoms with Crippen LogP contribution in [0.1, 0.15) is 23.3 Å². The second-order valence-electron chi connectivity index (χ2n) is 7.71. The first-order valence-electron chi connectivity index (χ1n) is 9.32. The van der Waals surface area contributed by atoms with Crippen LogP contribution in [0.25, 0.3) is 0 Å². The van der Waals surface area contributed by atoms with E-state index in [1.54, 1.807) is 30.6 Å². The fourth-order valence-electron chi connectivity index (χ4n) is 4.93. The normalized spacial score (nSPS) is 31.6. The second-order valence-corrected chi connectivity index (χ2v) is 7.71. The van der Waals surface area contributed by atoms with Crippen molar-refractivity contribution in [1.29, 1.82) is 0 Å². The second kappa shape index (κ2) is 6.36. The zero-order valence-corrected chi connectivity index (χ0v) is 14.5. The van der Waals surface area contributed by atoms with Crippen molar-refractivity contribution >= 4 is 11.6 Å². The number of carbonyl (C=O) groups excluding carboxylic acids is 1. The first kappa shape index (κ1) is 15.8. The molecule has 3 aliphatic heterocycles. The number of hydrogen-bond donors (Lipinski definition) is 1. The van der Waals surface area contributed by atoms with Gasteiger partial charge in [0.1, 0.15) is 11.8 Å². The maximum absolute atomic E-state index is 12.4. The molecule has 0 spiro atoms. The van der Waals surface area contributed by atoms with Gasteiger partial charge < -0.3 is 15.0 Å². The minimum atomic E-state index is -0.238. The summed E-state index contributed by atoms with van der Waals surface area (Å²) >= 11 is 0. The fraction of sp³-hybridized carbons (Fsp3) is 0.450. The monoisotopic (exact) mass is 350 g/mol. The minimum Gasteiger partial charge on any atom is -0.474 e. The molecule has 6 rings (SSSR count). The number of rotatable bonds is 4. The summed E-state index contributed by atoms with van der Waals surface area (Å²) in [4.78, 5) is 23.4. The summed E-state index contributed by atoms with van der Waals surface area (Å²) < 4.78 is 6.30. The summed E-state index contributed by atoms with van der Waals surface area (Å²) in [5.74, 6) is 2.35. The molecular formula is C20H22N4O2. The number of ether oxygens (including phenoxy) is 1. The molecule has 1 saturated carbocycles. The summed E-state index contributed by atoms with van der Waals surface area (Å²) in [5.41, 5.74) is 1.07. The van der Waals surface area contributed by atoms with Crippen LogP contribution < -0.4 is 10.1 Å². The molecule has 4 aliphatic rings. The molecule has 3 saturated heterocycles. The van der Waals surface area contributed by atoms with Crippen LogP contribution >= 0.6 is 0 Å². The number of nitrogens with one attached hydrogen (secondary N) is 1. The number of aromatic nitrogens is 2. The van der Waals surface area contributed by atoms with Gasteiger partial charge in [0.15, 0.2) is 0 Å². The van der Waals surface area contributed by atoms with Crippen LogP contribution in [0.3, 0.4) is 0 Å². The van der Waals surface area contributed by atoms with Crippen molar-refractivity contribution in [2.24, 2.45) is 17.8 Å². The Balaban J connectivity index is 1.30. The summed E-state index contributed by atoms with van der Waals surface area (Å²) in [5, 5.41) is 2.84. The van der Waals surface area contributed by atoms with Gasteiger partial charge >= 0.3 is 0 Å². The number of hydrogen-bond acceptors (Lipinski definition) is 5. The number of amides is 1. The summed E-state index contributed by atoms with van der Waals surface area (Å²) in [6.07, 6.45) is 6.05. The predicted molar refractivity (Wildman–Crippen MR) is 97.0 cm³/mol. The molecule has 1 N–H and O–H groups in total. The Morgan fingerprint density at radius 2 is 1.85 bits per heavy atom. The van der Waals surface area contributed by atoms with E-state index in [-0.39, 0.29) is 12.0 Å². The standard InChI is InChI=1S/C20H22N4O2/c25-20(22-16-4-6-21-7-5-16)17-2-1-3-18(23-17)26-19-14-8-13-9-15(19)12-24(10-13)11-14/h1-7,13-15,19H,8-12H2,(H,21,22,25). The van der Waals surface area contributed by atoms with Crippen molar-refractivity contribution in [2.45, 2.75) is 18.9 Å². The number of anilines is 1. The SMILES string of the molecule is O=C(Nc1ccncc1)c1cccc(OC2C3CC4CC2CN(C4)C3)n1. The highest BCUT2D eigenvalue weighted by Gasteiger charge is 2.48. The van der Waals surface area contributed by atoms with Crippen molar-refractivity contribution in [3.63, 3.8) is 0 Å². The Kier molecular flexibility index (Phi) is 3.85. The highest BCUT2D eigenvalue weighted by Crippen LogP contribution is 2.44. The molecule has 1 amide bonds. The van der Waals surface area contributed by atoms with Crippen LogP contribution in [0.2, 0.25) is 0 Å². The van der Waals surface area contributed by atoms with Gasteiger partial charge in [-0.15, -0.1) is 0 Å². The largest absolute Gasteiger partial charge is 0.474 e. The lowest BCUT2D eigenvalue weighted by Gasteiger charge is -2.55. The molecule has 4 bridgehead atoms. The van der Waals surface area contributed by atoms with Gasteiger partial charge in [-0.05, 0) is 37.0 Å². The zero-order chi connectivity index (χ0) is 17.5.